The summed E-state index contributed by atoms with van der Waals surface area (Å²) < 4.78 is 9.10. The van der Waals surface area contributed by atoms with E-state index >= 15 is 0 Å². The van der Waals surface area contributed by atoms with Crippen LogP contribution in [0.1, 0.15) is 28.4 Å². The molecule has 2 rings (SSSR count). The molecule has 0 fully saturated rings. The Hall–Kier alpha value is -3.02. The molecule has 0 radical (unpaired) electrons. The molecule has 0 bridgehead atoms. The maximum atomic E-state index is 12.3. The molecule has 0 spiro atoms. The number of aromatic hydroxyl groups is 1. The van der Waals surface area contributed by atoms with Gasteiger partial charge in [-0.2, -0.15) is 0 Å². The van der Waals surface area contributed by atoms with Crippen molar-refractivity contribution in [1.29, 1.82) is 0 Å². The predicted octanol–water partition coefficient (Wildman–Crippen LogP) is 2.90. The Labute approximate surface area is 147 Å². The minimum absolute atomic E-state index is 0.0710. The summed E-state index contributed by atoms with van der Waals surface area (Å²) in [4.78, 5) is 21.3. The summed E-state index contributed by atoms with van der Waals surface area (Å²) in [6.07, 6.45) is 0.248. The number of phenols is 1. The Morgan fingerprint density at radius 3 is 2.36 bits per heavy atom. The number of hydrogen-bond acceptors (Lipinski definition) is 6. The van der Waals surface area contributed by atoms with E-state index in [2.05, 4.69) is 4.74 Å². The molecule has 0 aliphatic rings. The molecule has 0 aromatic heterocycles. The molecule has 0 saturated carbocycles. The van der Waals surface area contributed by atoms with Crippen molar-refractivity contribution in [2.75, 3.05) is 19.5 Å². The first-order valence-corrected chi connectivity index (χ1v) is 7.73. The third-order valence-electron chi connectivity index (χ3n) is 3.31. The average Bonchev–Trinajstić information content (AvgIpc) is 2.60. The van der Waals surface area contributed by atoms with Gasteiger partial charge in [0.1, 0.15) is 0 Å². The third kappa shape index (κ3) is 6.18. The van der Waals surface area contributed by atoms with Crippen LogP contribution in [0.3, 0.4) is 0 Å². The number of nitrogens with two attached hydrogens (primary N) is 1. The standard InChI is InChI=1S/C17H19NO3.C2H4O2/c1-3-21-17-10-14(18)13(9-16(17)20)15(19)8-12-6-4-11(2)5-7-12;1-4-2-3/h4-7,9-10,20H,3,8,18H2,1-2H3;2H,1H3. The number of carbonyl (C=O) groups is 2. The zero-order valence-corrected chi connectivity index (χ0v) is 14.6. The molecule has 3 N–H and O–H groups in total. The van der Waals surface area contributed by atoms with Crippen LogP contribution in [0.15, 0.2) is 36.4 Å². The van der Waals surface area contributed by atoms with E-state index in [0.717, 1.165) is 11.1 Å². The number of aryl methyl sites for hydroxylation is 1. The minimum atomic E-state index is -0.130. The van der Waals surface area contributed by atoms with E-state index in [1.54, 1.807) is 0 Å². The van der Waals surface area contributed by atoms with Crippen molar-refractivity contribution in [3.8, 4) is 11.5 Å². The molecule has 0 aliphatic carbocycles. The summed E-state index contributed by atoms with van der Waals surface area (Å²) in [7, 11) is 1.31. The molecule has 2 aromatic rings. The second-order valence-corrected chi connectivity index (χ2v) is 5.26. The third-order valence-corrected chi connectivity index (χ3v) is 3.31. The fourth-order valence-electron chi connectivity index (χ4n) is 2.08. The van der Waals surface area contributed by atoms with Gasteiger partial charge in [-0.25, -0.2) is 0 Å². The first kappa shape index (κ1) is 20.0. The molecule has 134 valence electrons. The number of Topliss-reactive ketones (excluding diaryl/α,β-unsaturated/α-hetero) is 1. The molecule has 0 heterocycles. The van der Waals surface area contributed by atoms with Crippen molar-refractivity contribution in [3.63, 3.8) is 0 Å². The molecular formula is C19H23NO5. The van der Waals surface area contributed by atoms with Gasteiger partial charge in [0.2, 0.25) is 0 Å². The maximum Gasteiger partial charge on any atom is 0.292 e. The van der Waals surface area contributed by atoms with E-state index < -0.39 is 0 Å². The average molecular weight is 345 g/mol. The van der Waals surface area contributed by atoms with Gasteiger partial charge in [0.25, 0.3) is 6.47 Å². The quantitative estimate of drug-likeness (QED) is 0.361. The first-order chi connectivity index (χ1) is 11.9. The first-order valence-electron chi connectivity index (χ1n) is 7.73. The molecule has 0 atom stereocenters. The number of ether oxygens (including phenoxy) is 2. The highest BCUT2D eigenvalue weighted by Crippen LogP contribution is 2.31. The second-order valence-electron chi connectivity index (χ2n) is 5.26. The van der Waals surface area contributed by atoms with Crippen LogP contribution in [0.4, 0.5) is 5.69 Å². The number of phenolic OH excluding ortho intramolecular Hbond substituents is 1. The van der Waals surface area contributed by atoms with Crippen molar-refractivity contribution in [2.24, 2.45) is 0 Å². The Morgan fingerprint density at radius 2 is 1.84 bits per heavy atom. The summed E-state index contributed by atoms with van der Waals surface area (Å²) in [5, 5.41) is 9.87. The molecule has 25 heavy (non-hydrogen) atoms. The van der Waals surface area contributed by atoms with E-state index in [9.17, 15) is 9.90 Å². The van der Waals surface area contributed by atoms with E-state index in [4.69, 9.17) is 15.3 Å². The molecular weight excluding hydrogens is 322 g/mol. The minimum Gasteiger partial charge on any atom is -0.504 e. The number of hydrogen-bond donors (Lipinski definition) is 2. The van der Waals surface area contributed by atoms with Gasteiger partial charge in [-0.3, -0.25) is 9.59 Å². The number of carbonyl (C=O) groups excluding carboxylic acids is 2. The van der Waals surface area contributed by atoms with E-state index in [0.29, 0.717) is 30.1 Å². The second kappa shape index (κ2) is 9.97. The molecule has 0 saturated heterocycles. The normalized spacial score (nSPS) is 9.56. The lowest BCUT2D eigenvalue weighted by Gasteiger charge is -2.10. The number of methoxy groups -OCH3 is 1. The van der Waals surface area contributed by atoms with E-state index in [1.807, 2.05) is 38.1 Å². The molecule has 6 nitrogen and oxygen atoms in total. The van der Waals surface area contributed by atoms with Crippen LogP contribution < -0.4 is 10.5 Å². The van der Waals surface area contributed by atoms with Crippen molar-refractivity contribution in [3.05, 3.63) is 53.1 Å². The van der Waals surface area contributed by atoms with E-state index in [-0.39, 0.29) is 18.0 Å². The van der Waals surface area contributed by atoms with Gasteiger partial charge in [0.05, 0.1) is 13.7 Å². The van der Waals surface area contributed by atoms with Gasteiger partial charge in [-0.15, -0.1) is 0 Å². The zero-order chi connectivity index (χ0) is 18.8. The van der Waals surface area contributed by atoms with Crippen molar-refractivity contribution < 1.29 is 24.2 Å². The van der Waals surface area contributed by atoms with Gasteiger partial charge in [-0.1, -0.05) is 29.8 Å². The molecule has 6 heteroatoms. The highest BCUT2D eigenvalue weighted by Gasteiger charge is 2.15. The zero-order valence-electron chi connectivity index (χ0n) is 14.6. The Morgan fingerprint density at radius 1 is 1.24 bits per heavy atom. The topological polar surface area (TPSA) is 98.8 Å². The fraction of sp³-hybridized carbons (Fsp3) is 0.263. The summed E-state index contributed by atoms with van der Waals surface area (Å²) in [5.74, 6) is 0.0925. The van der Waals surface area contributed by atoms with Crippen molar-refractivity contribution in [2.45, 2.75) is 20.3 Å². The molecule has 0 amide bonds. The van der Waals surface area contributed by atoms with Crippen LogP contribution in [-0.4, -0.2) is 31.1 Å². The highest BCUT2D eigenvalue weighted by atomic mass is 16.5. The summed E-state index contributed by atoms with van der Waals surface area (Å²) in [6.45, 7) is 4.60. The number of rotatable bonds is 6. The van der Waals surface area contributed by atoms with Gasteiger partial charge in [0, 0.05) is 23.7 Å². The molecule has 0 aliphatic heterocycles. The fourth-order valence-corrected chi connectivity index (χ4v) is 2.08. The van der Waals surface area contributed by atoms with Crippen LogP contribution in [0, 0.1) is 6.92 Å². The lowest BCUT2D eigenvalue weighted by molar-refractivity contribution is -0.126. The van der Waals surface area contributed by atoms with Crippen LogP contribution in [0.25, 0.3) is 0 Å². The molecule has 2 aromatic carbocycles. The Kier molecular flexibility index (Phi) is 7.99. The van der Waals surface area contributed by atoms with Gasteiger partial charge < -0.3 is 20.3 Å². The Balaban J connectivity index is 0.000000705. The predicted molar refractivity (Wildman–Crippen MR) is 96.0 cm³/mol. The smallest absolute Gasteiger partial charge is 0.292 e. The van der Waals surface area contributed by atoms with Gasteiger partial charge in [0.15, 0.2) is 17.3 Å². The number of ketones is 1. The lowest BCUT2D eigenvalue weighted by atomic mass is 10.0. The molecule has 0 unspecified atom stereocenters. The summed E-state index contributed by atoms with van der Waals surface area (Å²) in [5.41, 5.74) is 8.57. The van der Waals surface area contributed by atoms with Crippen LogP contribution in [0.5, 0.6) is 11.5 Å². The highest BCUT2D eigenvalue weighted by molar-refractivity contribution is 6.02. The number of anilines is 1. The Bertz CT molecular complexity index is 710. The summed E-state index contributed by atoms with van der Waals surface area (Å²) >= 11 is 0. The van der Waals surface area contributed by atoms with Crippen LogP contribution >= 0.6 is 0 Å². The summed E-state index contributed by atoms with van der Waals surface area (Å²) in [6, 6.07) is 10.6. The number of benzene rings is 2. The van der Waals surface area contributed by atoms with Crippen LogP contribution in [-0.2, 0) is 16.0 Å². The van der Waals surface area contributed by atoms with Crippen molar-refractivity contribution in [1.82, 2.24) is 0 Å². The van der Waals surface area contributed by atoms with Gasteiger partial charge in [-0.05, 0) is 25.5 Å². The largest absolute Gasteiger partial charge is 0.504 e. The lowest BCUT2D eigenvalue weighted by Crippen LogP contribution is -2.07. The maximum absolute atomic E-state index is 12.3. The number of nitrogen functional groups attached to an aromatic ring is 1. The SMILES string of the molecule is CCOc1cc(N)c(C(=O)Cc2ccc(C)cc2)cc1O.COC=O. The van der Waals surface area contributed by atoms with Gasteiger partial charge >= 0.3 is 0 Å². The van der Waals surface area contributed by atoms with Crippen molar-refractivity contribution >= 4 is 17.9 Å². The van der Waals surface area contributed by atoms with E-state index in [1.165, 1.54) is 19.2 Å². The monoisotopic (exact) mass is 345 g/mol. The van der Waals surface area contributed by atoms with Crippen LogP contribution in [0.2, 0.25) is 0 Å².